The first kappa shape index (κ1) is 19.3. The molecular weight excluding hydrogens is 333 g/mol. The topological polar surface area (TPSA) is 57.2 Å². The number of aryl methyl sites for hydroxylation is 1. The van der Waals surface area contributed by atoms with Crippen LogP contribution in [-0.4, -0.2) is 23.3 Å². The molecule has 0 aliphatic carbocycles. The number of ether oxygens (including phenoxy) is 1. The number of carbonyl (C=O) groups excluding carboxylic acids is 1. The molecule has 0 saturated carbocycles. The summed E-state index contributed by atoms with van der Waals surface area (Å²) in [6, 6.07) is 6.64. The van der Waals surface area contributed by atoms with Gasteiger partial charge in [0.2, 0.25) is 5.54 Å². The zero-order chi connectivity index (χ0) is 18.8. The fourth-order valence-electron chi connectivity index (χ4n) is 2.77. The molecule has 1 atom stereocenters. The highest BCUT2D eigenvalue weighted by atomic mass is 19.4. The van der Waals surface area contributed by atoms with Crippen LogP contribution >= 0.6 is 0 Å². The second kappa shape index (κ2) is 7.07. The average Bonchev–Trinajstić information content (AvgIpc) is 2.90. The number of esters is 1. The van der Waals surface area contributed by atoms with Crippen LogP contribution in [0, 0.1) is 5.92 Å². The minimum atomic E-state index is -4.98. The Kier molecular flexibility index (Phi) is 5.46. The number of halogens is 3. The van der Waals surface area contributed by atoms with E-state index in [0.29, 0.717) is 23.4 Å². The number of aromatic nitrogens is 1. The summed E-state index contributed by atoms with van der Waals surface area (Å²) in [4.78, 5) is 12.2. The van der Waals surface area contributed by atoms with Gasteiger partial charge in [-0.15, -0.1) is 0 Å². The molecule has 7 heteroatoms. The molecule has 0 amide bonds. The van der Waals surface area contributed by atoms with E-state index in [1.54, 1.807) is 28.8 Å². The Morgan fingerprint density at radius 2 is 1.92 bits per heavy atom. The number of hydrogen-bond acceptors (Lipinski definition) is 3. The molecule has 2 rings (SSSR count). The lowest BCUT2D eigenvalue weighted by Gasteiger charge is -2.29. The maximum Gasteiger partial charge on any atom is 0.421 e. The number of fused-ring (bicyclic) bond motifs is 1. The van der Waals surface area contributed by atoms with Gasteiger partial charge >= 0.3 is 12.1 Å². The van der Waals surface area contributed by atoms with Crippen molar-refractivity contribution in [1.82, 2.24) is 4.57 Å². The van der Waals surface area contributed by atoms with E-state index < -0.39 is 17.7 Å². The van der Waals surface area contributed by atoms with Gasteiger partial charge < -0.3 is 15.0 Å². The second-order valence-corrected chi connectivity index (χ2v) is 6.46. The van der Waals surface area contributed by atoms with E-state index in [1.165, 1.54) is 13.1 Å². The highest BCUT2D eigenvalue weighted by molar-refractivity contribution is 5.93. The molecule has 1 heterocycles. The molecular formula is C18H23F3N2O2. The molecule has 1 aromatic heterocycles. The summed E-state index contributed by atoms with van der Waals surface area (Å²) in [5.74, 6) is -1.10. The monoisotopic (exact) mass is 356 g/mol. The van der Waals surface area contributed by atoms with E-state index in [0.717, 1.165) is 6.42 Å². The summed E-state index contributed by atoms with van der Waals surface area (Å²) in [5.41, 5.74) is 2.78. The van der Waals surface area contributed by atoms with Gasteiger partial charge in [0.1, 0.15) is 0 Å². The standard InChI is InChI=1S/C18H23F3N2O2/c1-4-25-16(24)17(22,18(19,20)21)14-11-23(10-9-12(2)3)15-8-6-5-7-13(14)15/h5-8,11-12H,4,9-10,22H2,1-3H3. The first-order valence-electron chi connectivity index (χ1n) is 8.24. The summed E-state index contributed by atoms with van der Waals surface area (Å²) in [6.07, 6.45) is -2.86. The Morgan fingerprint density at radius 3 is 2.48 bits per heavy atom. The van der Waals surface area contributed by atoms with Crippen LogP contribution in [0.2, 0.25) is 0 Å². The van der Waals surface area contributed by atoms with Crippen molar-refractivity contribution in [1.29, 1.82) is 0 Å². The summed E-state index contributed by atoms with van der Waals surface area (Å²) >= 11 is 0. The van der Waals surface area contributed by atoms with Crippen molar-refractivity contribution in [2.75, 3.05) is 6.61 Å². The molecule has 0 aliphatic rings. The van der Waals surface area contributed by atoms with Crippen LogP contribution in [0.25, 0.3) is 10.9 Å². The third kappa shape index (κ3) is 3.51. The van der Waals surface area contributed by atoms with Crippen molar-refractivity contribution < 1.29 is 22.7 Å². The number of rotatable bonds is 6. The average molecular weight is 356 g/mol. The Balaban J connectivity index is 2.66. The van der Waals surface area contributed by atoms with Crippen molar-refractivity contribution in [3.8, 4) is 0 Å². The molecule has 0 radical (unpaired) electrons. The van der Waals surface area contributed by atoms with Crippen LogP contribution in [0.15, 0.2) is 30.5 Å². The number of nitrogens with zero attached hydrogens (tertiary/aromatic N) is 1. The third-order valence-corrected chi connectivity index (χ3v) is 4.21. The molecule has 0 aliphatic heterocycles. The van der Waals surface area contributed by atoms with Crippen LogP contribution in [-0.2, 0) is 21.6 Å². The summed E-state index contributed by atoms with van der Waals surface area (Å²) < 4.78 is 47.7. The predicted molar refractivity (Wildman–Crippen MR) is 89.9 cm³/mol. The maximum atomic E-state index is 13.8. The van der Waals surface area contributed by atoms with Crippen molar-refractivity contribution >= 4 is 16.9 Å². The summed E-state index contributed by atoms with van der Waals surface area (Å²) in [5, 5.41) is 0.305. The van der Waals surface area contributed by atoms with E-state index in [2.05, 4.69) is 4.74 Å². The van der Waals surface area contributed by atoms with Gasteiger partial charge in [-0.1, -0.05) is 32.0 Å². The normalized spacial score (nSPS) is 14.7. The van der Waals surface area contributed by atoms with Gasteiger partial charge in [-0.3, -0.25) is 0 Å². The highest BCUT2D eigenvalue weighted by Gasteiger charge is 2.61. The Morgan fingerprint density at radius 1 is 1.28 bits per heavy atom. The van der Waals surface area contributed by atoms with E-state index in [4.69, 9.17) is 5.73 Å². The first-order chi connectivity index (χ1) is 11.6. The van der Waals surface area contributed by atoms with Crippen molar-refractivity contribution in [3.63, 3.8) is 0 Å². The molecule has 1 aromatic carbocycles. The fourth-order valence-corrected chi connectivity index (χ4v) is 2.77. The zero-order valence-electron chi connectivity index (χ0n) is 14.6. The minimum Gasteiger partial charge on any atom is -0.464 e. The molecule has 0 bridgehead atoms. The molecule has 1 unspecified atom stereocenters. The smallest absolute Gasteiger partial charge is 0.421 e. The van der Waals surface area contributed by atoms with Crippen LogP contribution in [0.4, 0.5) is 13.2 Å². The Labute approximate surface area is 144 Å². The Hall–Kier alpha value is -2.02. The van der Waals surface area contributed by atoms with E-state index in [1.807, 2.05) is 13.8 Å². The molecule has 138 valence electrons. The number of carbonyl (C=O) groups is 1. The molecule has 0 fully saturated rings. The van der Waals surface area contributed by atoms with Crippen molar-refractivity contribution in [2.45, 2.75) is 45.5 Å². The SMILES string of the molecule is CCOC(=O)C(N)(c1cn(CCC(C)C)c2ccccc12)C(F)(F)F. The quantitative estimate of drug-likeness (QED) is 0.797. The van der Waals surface area contributed by atoms with E-state index >= 15 is 0 Å². The van der Waals surface area contributed by atoms with Gasteiger partial charge in [0.25, 0.3) is 0 Å². The van der Waals surface area contributed by atoms with Crippen LogP contribution in [0.3, 0.4) is 0 Å². The number of benzene rings is 1. The van der Waals surface area contributed by atoms with Gasteiger partial charge in [-0.05, 0) is 25.3 Å². The van der Waals surface area contributed by atoms with Crippen LogP contribution < -0.4 is 5.73 Å². The highest BCUT2D eigenvalue weighted by Crippen LogP contribution is 2.41. The summed E-state index contributed by atoms with van der Waals surface area (Å²) in [7, 11) is 0. The van der Waals surface area contributed by atoms with Crippen LogP contribution in [0.1, 0.15) is 32.8 Å². The molecule has 4 nitrogen and oxygen atoms in total. The lowest BCUT2D eigenvalue weighted by atomic mass is 9.90. The molecule has 25 heavy (non-hydrogen) atoms. The van der Waals surface area contributed by atoms with Gasteiger partial charge in [0, 0.05) is 29.2 Å². The van der Waals surface area contributed by atoms with E-state index in [-0.39, 0.29) is 12.2 Å². The van der Waals surface area contributed by atoms with Gasteiger partial charge in [0.15, 0.2) is 0 Å². The van der Waals surface area contributed by atoms with Gasteiger partial charge in [0.05, 0.1) is 6.61 Å². The Bertz CT molecular complexity index is 752. The molecule has 2 aromatic rings. The lowest BCUT2D eigenvalue weighted by Crippen LogP contribution is -2.57. The number of nitrogens with two attached hydrogens (primary N) is 1. The lowest BCUT2D eigenvalue weighted by molar-refractivity contribution is -0.208. The first-order valence-corrected chi connectivity index (χ1v) is 8.24. The zero-order valence-corrected chi connectivity index (χ0v) is 14.6. The third-order valence-electron chi connectivity index (χ3n) is 4.21. The largest absolute Gasteiger partial charge is 0.464 e. The molecule has 0 spiro atoms. The minimum absolute atomic E-state index is 0.181. The molecule has 0 saturated heterocycles. The maximum absolute atomic E-state index is 13.8. The molecule has 2 N–H and O–H groups in total. The number of hydrogen-bond donors (Lipinski definition) is 1. The summed E-state index contributed by atoms with van der Waals surface area (Å²) in [6.45, 7) is 5.87. The fraction of sp³-hybridized carbons (Fsp3) is 0.500. The van der Waals surface area contributed by atoms with Gasteiger partial charge in [-0.25, -0.2) is 4.79 Å². The van der Waals surface area contributed by atoms with Crippen LogP contribution in [0.5, 0.6) is 0 Å². The van der Waals surface area contributed by atoms with Crippen molar-refractivity contribution in [3.05, 3.63) is 36.0 Å². The number of alkyl halides is 3. The second-order valence-electron chi connectivity index (χ2n) is 6.46. The van der Waals surface area contributed by atoms with Crippen molar-refractivity contribution in [2.24, 2.45) is 11.7 Å². The number of para-hydroxylation sites is 1. The van der Waals surface area contributed by atoms with E-state index in [9.17, 15) is 18.0 Å². The predicted octanol–water partition coefficient (Wildman–Crippen LogP) is 3.97. The van der Waals surface area contributed by atoms with Gasteiger partial charge in [-0.2, -0.15) is 13.2 Å².